The molecule has 2 rings (SSSR count). The van der Waals surface area contributed by atoms with Crippen molar-refractivity contribution in [2.45, 2.75) is 11.7 Å². The highest BCUT2D eigenvalue weighted by Gasteiger charge is 2.43. The lowest BCUT2D eigenvalue weighted by Crippen LogP contribution is -2.39. The molecule has 0 saturated carbocycles. The lowest BCUT2D eigenvalue weighted by Gasteiger charge is -2.31. The smallest absolute Gasteiger partial charge is 0.444 e. The Balaban J connectivity index is 2.51. The average Bonchev–Trinajstić information content (AvgIpc) is 2.67. The van der Waals surface area contributed by atoms with E-state index < -0.39 is 29.4 Å². The molecule has 1 aliphatic heterocycles. The Morgan fingerprint density at radius 2 is 1.89 bits per heavy atom. The zero-order valence-corrected chi connectivity index (χ0v) is 16.0. The first-order chi connectivity index (χ1) is 13.1. The number of hydrogen-bond acceptors (Lipinski definition) is 7. The number of ether oxygens (including phenoxy) is 4. The van der Waals surface area contributed by atoms with Gasteiger partial charge >= 0.3 is 18.0 Å². The fraction of sp³-hybridized carbons (Fsp3) is 0.375. The molecule has 0 saturated heterocycles. The highest BCUT2D eigenvalue weighted by atomic mass is 35.5. The minimum atomic E-state index is -4.36. The first-order valence-electron chi connectivity index (χ1n) is 7.52. The summed E-state index contributed by atoms with van der Waals surface area (Å²) in [6.45, 7) is -0.470. The standard InChI is InChI=1S/C16H14Cl2F3NO6/c1-25-13(23)9-6-27-7-22(12(9)14(24)26-2)8-3-4-10(17)11(5-8)28-16(20,21)15(18)19/h3-5,15H,6-7H2,1-2H3. The van der Waals surface area contributed by atoms with Crippen LogP contribution in [0.2, 0.25) is 5.02 Å². The Labute approximate surface area is 167 Å². The van der Waals surface area contributed by atoms with Crippen LogP contribution in [0.1, 0.15) is 0 Å². The average molecular weight is 444 g/mol. The molecule has 7 nitrogen and oxygen atoms in total. The molecule has 0 fully saturated rings. The van der Waals surface area contributed by atoms with Gasteiger partial charge in [-0.1, -0.05) is 23.2 Å². The van der Waals surface area contributed by atoms with Crippen LogP contribution in [-0.2, 0) is 23.8 Å². The minimum Gasteiger partial charge on any atom is -0.466 e. The van der Waals surface area contributed by atoms with E-state index in [4.69, 9.17) is 27.9 Å². The van der Waals surface area contributed by atoms with Crippen LogP contribution in [0.4, 0.5) is 18.9 Å². The summed E-state index contributed by atoms with van der Waals surface area (Å²) in [7, 11) is 2.20. The minimum absolute atomic E-state index is 0.0710. The van der Waals surface area contributed by atoms with Gasteiger partial charge in [0.2, 0.25) is 0 Å². The Bertz CT molecular complexity index is 803. The molecule has 12 heteroatoms. The molecule has 0 amide bonds. The van der Waals surface area contributed by atoms with Crippen molar-refractivity contribution in [3.05, 3.63) is 34.5 Å². The monoisotopic (exact) mass is 443 g/mol. The van der Waals surface area contributed by atoms with E-state index in [0.717, 1.165) is 25.2 Å². The fourth-order valence-corrected chi connectivity index (χ4v) is 2.48. The maximum Gasteiger partial charge on any atom is 0.444 e. The Morgan fingerprint density at radius 3 is 2.46 bits per heavy atom. The topological polar surface area (TPSA) is 74.3 Å². The molecule has 1 atom stereocenters. The molecular formula is C16H14Cl2F3NO6. The van der Waals surface area contributed by atoms with E-state index >= 15 is 0 Å². The number of carbonyl (C=O) groups excluding carboxylic acids is 2. The number of hydrogen-bond donors (Lipinski definition) is 0. The van der Waals surface area contributed by atoms with Crippen molar-refractivity contribution in [3.63, 3.8) is 0 Å². The summed E-state index contributed by atoms with van der Waals surface area (Å²) >= 11 is 10.6. The number of esters is 2. The third kappa shape index (κ3) is 4.62. The van der Waals surface area contributed by atoms with Crippen molar-refractivity contribution < 1.29 is 41.7 Å². The van der Waals surface area contributed by atoms with E-state index in [0.29, 0.717) is 0 Å². The number of rotatable bonds is 6. The lowest BCUT2D eigenvalue weighted by atomic mass is 10.1. The number of carbonyl (C=O) groups is 2. The summed E-state index contributed by atoms with van der Waals surface area (Å²) < 4.78 is 58.7. The normalized spacial score (nSPS) is 15.9. The molecular weight excluding hydrogens is 430 g/mol. The number of benzene rings is 1. The molecule has 154 valence electrons. The maximum atomic E-state index is 13.5. The van der Waals surface area contributed by atoms with E-state index in [1.54, 1.807) is 0 Å². The van der Waals surface area contributed by atoms with Gasteiger partial charge in [-0.25, -0.2) is 14.0 Å². The zero-order chi connectivity index (χ0) is 21.1. The first kappa shape index (κ1) is 22.1. The van der Waals surface area contributed by atoms with Gasteiger partial charge in [-0.05, 0) is 12.1 Å². The predicted octanol–water partition coefficient (Wildman–Crippen LogP) is 3.24. The lowest BCUT2D eigenvalue weighted by molar-refractivity contribution is -0.198. The van der Waals surface area contributed by atoms with Gasteiger partial charge in [0.1, 0.15) is 18.2 Å². The summed E-state index contributed by atoms with van der Waals surface area (Å²) in [5.41, 5.74) is -3.42. The van der Waals surface area contributed by atoms with Crippen LogP contribution in [0.5, 0.6) is 5.75 Å². The van der Waals surface area contributed by atoms with E-state index in [2.05, 4.69) is 14.2 Å². The first-order valence-corrected chi connectivity index (χ1v) is 8.33. The zero-order valence-electron chi connectivity index (χ0n) is 14.5. The molecule has 1 aromatic carbocycles. The van der Waals surface area contributed by atoms with Crippen LogP contribution in [0.25, 0.3) is 0 Å². The van der Waals surface area contributed by atoms with E-state index in [1.807, 2.05) is 0 Å². The number of alkyl halides is 4. The Morgan fingerprint density at radius 1 is 1.25 bits per heavy atom. The van der Waals surface area contributed by atoms with Gasteiger partial charge in [0.05, 0.1) is 31.4 Å². The third-order valence-corrected chi connectivity index (χ3v) is 4.13. The number of methoxy groups -OCH3 is 2. The summed E-state index contributed by atoms with van der Waals surface area (Å²) in [4.78, 5) is 25.3. The number of nitrogens with zero attached hydrogens (tertiary/aromatic N) is 1. The number of anilines is 1. The van der Waals surface area contributed by atoms with Gasteiger partial charge < -0.3 is 23.8 Å². The molecule has 0 bridgehead atoms. The Kier molecular flexibility index (Phi) is 7.02. The molecule has 0 N–H and O–H groups in total. The third-order valence-electron chi connectivity index (χ3n) is 3.56. The molecule has 1 unspecified atom stereocenters. The summed E-state index contributed by atoms with van der Waals surface area (Å²) in [5, 5.41) is -0.268. The van der Waals surface area contributed by atoms with Crippen molar-refractivity contribution in [1.29, 1.82) is 0 Å². The molecule has 28 heavy (non-hydrogen) atoms. The quantitative estimate of drug-likeness (QED) is 0.493. The molecule has 1 heterocycles. The summed E-state index contributed by atoms with van der Waals surface area (Å²) in [6.07, 6.45) is -4.36. The predicted molar refractivity (Wildman–Crippen MR) is 92.1 cm³/mol. The fourth-order valence-electron chi connectivity index (χ4n) is 2.28. The maximum absolute atomic E-state index is 13.5. The van der Waals surface area contributed by atoms with Crippen molar-refractivity contribution >= 4 is 40.8 Å². The molecule has 0 aromatic heterocycles. The van der Waals surface area contributed by atoms with E-state index in [1.165, 1.54) is 12.1 Å². The molecule has 1 aliphatic rings. The van der Waals surface area contributed by atoms with Crippen LogP contribution in [0.15, 0.2) is 29.5 Å². The van der Waals surface area contributed by atoms with Gasteiger partial charge in [0.15, 0.2) is 0 Å². The van der Waals surface area contributed by atoms with E-state index in [-0.39, 0.29) is 35.3 Å². The van der Waals surface area contributed by atoms with Crippen LogP contribution < -0.4 is 9.64 Å². The molecule has 0 spiro atoms. The second kappa shape index (κ2) is 8.89. The molecule has 1 aromatic rings. The van der Waals surface area contributed by atoms with Gasteiger partial charge in [-0.2, -0.15) is 8.78 Å². The Hall–Kier alpha value is -2.17. The van der Waals surface area contributed by atoms with Crippen LogP contribution >= 0.6 is 23.2 Å². The van der Waals surface area contributed by atoms with Crippen molar-refractivity contribution in [3.8, 4) is 5.75 Å². The largest absolute Gasteiger partial charge is 0.466 e. The van der Waals surface area contributed by atoms with Crippen molar-refractivity contribution in [1.82, 2.24) is 0 Å². The second-order valence-electron chi connectivity index (χ2n) is 5.30. The van der Waals surface area contributed by atoms with Gasteiger partial charge in [0.25, 0.3) is 5.63 Å². The van der Waals surface area contributed by atoms with Gasteiger partial charge in [-0.15, -0.1) is 0 Å². The van der Waals surface area contributed by atoms with Crippen LogP contribution in [-0.4, -0.2) is 51.2 Å². The number of halogens is 5. The summed E-state index contributed by atoms with van der Waals surface area (Å²) in [6, 6.07) is 3.51. The summed E-state index contributed by atoms with van der Waals surface area (Å²) in [5.74, 6) is -2.35. The van der Waals surface area contributed by atoms with Crippen LogP contribution in [0.3, 0.4) is 0 Å². The molecule has 0 radical (unpaired) electrons. The highest BCUT2D eigenvalue weighted by molar-refractivity contribution is 6.32. The SMILES string of the molecule is COC(=O)C1=C(C(=O)OC)N(c2ccc(Cl)c(OC(F)(F)C(F)Cl)c2)COC1. The second-order valence-corrected chi connectivity index (χ2v) is 6.09. The van der Waals surface area contributed by atoms with E-state index in [9.17, 15) is 22.8 Å². The molecule has 0 aliphatic carbocycles. The van der Waals surface area contributed by atoms with Crippen LogP contribution in [0, 0.1) is 0 Å². The highest BCUT2D eigenvalue weighted by Crippen LogP contribution is 2.37. The van der Waals surface area contributed by atoms with Crippen molar-refractivity contribution in [2.75, 3.05) is 32.5 Å². The van der Waals surface area contributed by atoms with Gasteiger partial charge in [0, 0.05) is 11.8 Å². The van der Waals surface area contributed by atoms with Gasteiger partial charge in [-0.3, -0.25) is 0 Å². The van der Waals surface area contributed by atoms with Crippen molar-refractivity contribution in [2.24, 2.45) is 0 Å².